The molecular formula is C25H33N3O5. The first-order chi connectivity index (χ1) is 16.1. The molecule has 2 aromatic carbocycles. The van der Waals surface area contributed by atoms with Gasteiger partial charge in [-0.1, -0.05) is 6.07 Å². The Balaban J connectivity index is 1.37. The van der Waals surface area contributed by atoms with Gasteiger partial charge in [0.05, 0.1) is 20.8 Å². The third-order valence-electron chi connectivity index (χ3n) is 5.19. The third kappa shape index (κ3) is 7.49. The van der Waals surface area contributed by atoms with E-state index in [-0.39, 0.29) is 6.61 Å². The van der Waals surface area contributed by atoms with Crippen molar-refractivity contribution in [2.45, 2.75) is 18.9 Å². The Hall–Kier alpha value is -3.07. The number of benzene rings is 2. The molecule has 3 N–H and O–H groups in total. The molecule has 0 radical (unpaired) electrons. The van der Waals surface area contributed by atoms with Gasteiger partial charge < -0.3 is 34.4 Å². The number of nitrogens with one attached hydrogen (secondary N) is 2. The van der Waals surface area contributed by atoms with Gasteiger partial charge in [-0.2, -0.15) is 0 Å². The minimum absolute atomic E-state index is 0.213. The van der Waals surface area contributed by atoms with Crippen LogP contribution in [0, 0.1) is 0 Å². The van der Waals surface area contributed by atoms with Crippen LogP contribution in [0.2, 0.25) is 0 Å². The van der Waals surface area contributed by atoms with Crippen molar-refractivity contribution in [2.75, 3.05) is 47.6 Å². The molecule has 178 valence electrons. The highest BCUT2D eigenvalue weighted by Crippen LogP contribution is 2.27. The molecule has 0 aliphatic rings. The number of hydrogen-bond acceptors (Lipinski definition) is 7. The Bertz CT molecular complexity index is 974. The maximum absolute atomic E-state index is 10.2. The summed E-state index contributed by atoms with van der Waals surface area (Å²) in [7, 11) is 4.93. The van der Waals surface area contributed by atoms with Crippen LogP contribution in [0.3, 0.4) is 0 Å². The number of methoxy groups -OCH3 is 3. The van der Waals surface area contributed by atoms with Gasteiger partial charge >= 0.3 is 0 Å². The number of aromatic amines is 1. The number of aliphatic hydroxyl groups excluding tert-OH is 1. The third-order valence-corrected chi connectivity index (χ3v) is 5.19. The van der Waals surface area contributed by atoms with E-state index < -0.39 is 6.10 Å². The number of aliphatic hydroxyl groups is 1. The van der Waals surface area contributed by atoms with Crippen LogP contribution in [-0.2, 0) is 17.6 Å². The van der Waals surface area contributed by atoms with Crippen molar-refractivity contribution in [1.29, 1.82) is 0 Å². The number of aromatic nitrogens is 2. The number of nitrogens with zero attached hydrogens (tertiary/aromatic N) is 1. The van der Waals surface area contributed by atoms with Crippen LogP contribution in [0.15, 0.2) is 48.7 Å². The molecule has 0 aliphatic heterocycles. The molecule has 1 aromatic heterocycles. The summed E-state index contributed by atoms with van der Waals surface area (Å²) < 4.78 is 21.4. The summed E-state index contributed by atoms with van der Waals surface area (Å²) in [5.74, 6) is 2.94. The van der Waals surface area contributed by atoms with Crippen LogP contribution in [0.25, 0.3) is 11.4 Å². The predicted octanol–water partition coefficient (Wildman–Crippen LogP) is 2.85. The van der Waals surface area contributed by atoms with Gasteiger partial charge in [0.25, 0.3) is 0 Å². The minimum Gasteiger partial charge on any atom is -0.493 e. The summed E-state index contributed by atoms with van der Waals surface area (Å²) in [6.07, 6.45) is 2.83. The molecule has 3 aromatic rings. The summed E-state index contributed by atoms with van der Waals surface area (Å²) in [5.41, 5.74) is 3.14. The molecule has 0 aliphatic carbocycles. The van der Waals surface area contributed by atoms with E-state index in [1.54, 1.807) is 21.3 Å². The average Bonchev–Trinajstić information content (AvgIpc) is 3.33. The standard InChI is InChI=1S/C25H33N3O5/c1-30-13-11-20-15-27-25(28-20)19-5-7-22(8-6-19)33-17-21(29)16-26-12-10-18-4-9-23(31-2)24(14-18)32-3/h4-9,14-15,21,26,29H,10-13,16-17H2,1-3H3,(H,27,28)/t21-/m0/s1. The first kappa shape index (κ1) is 24.6. The highest BCUT2D eigenvalue weighted by Gasteiger charge is 2.08. The number of rotatable bonds is 14. The Morgan fingerprint density at radius 1 is 1.00 bits per heavy atom. The summed E-state index contributed by atoms with van der Waals surface area (Å²) >= 11 is 0. The normalized spacial score (nSPS) is 11.9. The van der Waals surface area contributed by atoms with Crippen LogP contribution in [0.5, 0.6) is 17.2 Å². The molecule has 0 amide bonds. The molecule has 0 fully saturated rings. The van der Waals surface area contributed by atoms with Crippen molar-refractivity contribution in [3.63, 3.8) is 0 Å². The molecular weight excluding hydrogens is 422 g/mol. The first-order valence-corrected chi connectivity index (χ1v) is 11.0. The smallest absolute Gasteiger partial charge is 0.160 e. The quantitative estimate of drug-likeness (QED) is 0.322. The van der Waals surface area contributed by atoms with Gasteiger partial charge in [-0.25, -0.2) is 4.98 Å². The van der Waals surface area contributed by atoms with E-state index in [1.807, 2.05) is 48.7 Å². The Morgan fingerprint density at radius 2 is 1.79 bits per heavy atom. The first-order valence-electron chi connectivity index (χ1n) is 11.0. The van der Waals surface area contributed by atoms with E-state index >= 15 is 0 Å². The van der Waals surface area contributed by atoms with Crippen molar-refractivity contribution in [1.82, 2.24) is 15.3 Å². The minimum atomic E-state index is -0.608. The van der Waals surface area contributed by atoms with Gasteiger partial charge in [-0.3, -0.25) is 0 Å². The summed E-state index contributed by atoms with van der Waals surface area (Å²) in [6, 6.07) is 13.5. The molecule has 8 nitrogen and oxygen atoms in total. The maximum Gasteiger partial charge on any atom is 0.160 e. The largest absolute Gasteiger partial charge is 0.493 e. The van der Waals surface area contributed by atoms with Crippen LogP contribution < -0.4 is 19.5 Å². The van der Waals surface area contributed by atoms with Crippen molar-refractivity contribution in [3.05, 3.63) is 59.9 Å². The zero-order valence-corrected chi connectivity index (χ0v) is 19.5. The van der Waals surface area contributed by atoms with Crippen LogP contribution in [0.1, 0.15) is 11.3 Å². The van der Waals surface area contributed by atoms with Gasteiger partial charge in [0.1, 0.15) is 24.3 Å². The van der Waals surface area contributed by atoms with E-state index in [4.69, 9.17) is 18.9 Å². The number of imidazole rings is 1. The van der Waals surface area contributed by atoms with E-state index in [0.29, 0.717) is 30.4 Å². The van der Waals surface area contributed by atoms with Gasteiger partial charge in [0.2, 0.25) is 0 Å². The molecule has 8 heteroatoms. The molecule has 3 rings (SSSR count). The van der Waals surface area contributed by atoms with E-state index in [0.717, 1.165) is 42.0 Å². The zero-order valence-electron chi connectivity index (χ0n) is 19.5. The SMILES string of the molecule is COCCc1cnc(-c2ccc(OC[C@@H](O)CNCCc3ccc(OC)c(OC)c3)cc2)[nH]1. The zero-order chi connectivity index (χ0) is 23.5. The molecule has 0 unspecified atom stereocenters. The van der Waals surface area contributed by atoms with Crippen molar-refractivity contribution in [3.8, 4) is 28.6 Å². The summed E-state index contributed by atoms with van der Waals surface area (Å²) in [6.45, 7) is 2.05. The monoisotopic (exact) mass is 455 g/mol. The second kappa shape index (κ2) is 12.8. The van der Waals surface area contributed by atoms with Crippen LogP contribution in [-0.4, -0.2) is 68.8 Å². The van der Waals surface area contributed by atoms with Crippen LogP contribution in [0.4, 0.5) is 0 Å². The molecule has 1 heterocycles. The lowest BCUT2D eigenvalue weighted by Crippen LogP contribution is -2.32. The van der Waals surface area contributed by atoms with E-state index in [1.165, 1.54) is 0 Å². The van der Waals surface area contributed by atoms with Crippen LogP contribution >= 0.6 is 0 Å². The van der Waals surface area contributed by atoms with Crippen molar-refractivity contribution in [2.24, 2.45) is 0 Å². The molecule has 0 bridgehead atoms. The highest BCUT2D eigenvalue weighted by molar-refractivity contribution is 5.56. The van der Waals surface area contributed by atoms with Crippen molar-refractivity contribution >= 4 is 0 Å². The second-order valence-electron chi connectivity index (χ2n) is 7.63. The fourth-order valence-corrected chi connectivity index (χ4v) is 3.34. The lowest BCUT2D eigenvalue weighted by atomic mass is 10.1. The summed E-state index contributed by atoms with van der Waals surface area (Å²) in [4.78, 5) is 7.70. The highest BCUT2D eigenvalue weighted by atomic mass is 16.5. The Labute approximate surface area is 194 Å². The van der Waals surface area contributed by atoms with E-state index in [9.17, 15) is 5.11 Å². The molecule has 0 saturated heterocycles. The molecule has 0 saturated carbocycles. The number of H-pyrrole nitrogens is 1. The fraction of sp³-hybridized carbons (Fsp3) is 0.400. The average molecular weight is 456 g/mol. The van der Waals surface area contributed by atoms with Crippen molar-refractivity contribution < 1.29 is 24.1 Å². The molecule has 0 spiro atoms. The lowest BCUT2D eigenvalue weighted by molar-refractivity contribution is 0.106. The fourth-order valence-electron chi connectivity index (χ4n) is 3.34. The second-order valence-corrected chi connectivity index (χ2v) is 7.63. The summed E-state index contributed by atoms with van der Waals surface area (Å²) in [5, 5.41) is 13.5. The Morgan fingerprint density at radius 3 is 2.52 bits per heavy atom. The van der Waals surface area contributed by atoms with Gasteiger partial charge in [0.15, 0.2) is 11.5 Å². The maximum atomic E-state index is 10.2. The van der Waals surface area contributed by atoms with Gasteiger partial charge in [-0.15, -0.1) is 0 Å². The van der Waals surface area contributed by atoms with Gasteiger partial charge in [0, 0.05) is 37.5 Å². The number of hydrogen-bond donors (Lipinski definition) is 3. The molecule has 1 atom stereocenters. The number of ether oxygens (including phenoxy) is 4. The predicted molar refractivity (Wildman–Crippen MR) is 127 cm³/mol. The topological polar surface area (TPSA) is 97.9 Å². The van der Waals surface area contributed by atoms with Gasteiger partial charge in [-0.05, 0) is 54.9 Å². The Kier molecular flexibility index (Phi) is 9.56. The van der Waals surface area contributed by atoms with E-state index in [2.05, 4.69) is 15.3 Å². The lowest BCUT2D eigenvalue weighted by Gasteiger charge is -2.14. The molecule has 33 heavy (non-hydrogen) atoms.